The summed E-state index contributed by atoms with van der Waals surface area (Å²) in [4.78, 5) is 26.7. The quantitative estimate of drug-likeness (QED) is 0.156. The molecule has 0 radical (unpaired) electrons. The van der Waals surface area contributed by atoms with Gasteiger partial charge in [0.1, 0.15) is 18.0 Å². The zero-order valence-electron chi connectivity index (χ0n) is 32.6. The summed E-state index contributed by atoms with van der Waals surface area (Å²) in [6.45, 7) is 26.6. The Bertz CT molecular complexity index is 1390. The van der Waals surface area contributed by atoms with E-state index in [4.69, 9.17) is 34.7 Å². The summed E-state index contributed by atoms with van der Waals surface area (Å²) in [6.07, 6.45) is 8.77. The maximum Gasteiger partial charge on any atom is 0.347 e. The van der Waals surface area contributed by atoms with Gasteiger partial charge in [0.15, 0.2) is 22.7 Å². The first-order valence-corrected chi connectivity index (χ1v) is 24.9. The monoisotopic (exact) mass is 746 g/mol. The summed E-state index contributed by atoms with van der Waals surface area (Å²) < 4.78 is 32.2. The molecule has 1 fully saturated rings. The maximum absolute atomic E-state index is 13.9. The normalized spacial score (nSPS) is 28.3. The fraction of sp³-hybridized carbons (Fsp3) is 0.700. The second-order valence-electron chi connectivity index (χ2n) is 17.8. The summed E-state index contributed by atoms with van der Waals surface area (Å²) in [5, 5.41) is 0.707. The molecule has 1 aromatic carbocycles. The molecule has 7 nitrogen and oxygen atoms in total. The van der Waals surface area contributed by atoms with Crippen molar-refractivity contribution in [2.24, 2.45) is 17.8 Å². The number of halogens is 1. The van der Waals surface area contributed by atoms with Gasteiger partial charge in [-0.25, -0.2) is 4.79 Å². The molecule has 0 bridgehead atoms. The molecule has 10 heteroatoms. The van der Waals surface area contributed by atoms with Gasteiger partial charge in [0.25, 0.3) is 0 Å². The van der Waals surface area contributed by atoms with Gasteiger partial charge in [-0.1, -0.05) is 85.2 Å². The van der Waals surface area contributed by atoms with Crippen LogP contribution in [0, 0.1) is 17.8 Å². The molecule has 1 saturated heterocycles. The van der Waals surface area contributed by atoms with Gasteiger partial charge in [-0.15, -0.1) is 0 Å². The number of carbonyl (C=O) groups excluding carboxylic acids is 2. The van der Waals surface area contributed by atoms with Gasteiger partial charge in [0.2, 0.25) is 0 Å². The molecule has 4 rings (SSSR count). The molecule has 1 aliphatic heterocycles. The molecular formula is C40H63ClO7Si2. The van der Waals surface area contributed by atoms with Crippen molar-refractivity contribution in [3.8, 4) is 5.75 Å². The van der Waals surface area contributed by atoms with E-state index in [1.165, 1.54) is 0 Å². The number of benzene rings is 1. The molecule has 0 spiro atoms. The van der Waals surface area contributed by atoms with E-state index in [2.05, 4.69) is 92.9 Å². The Balaban J connectivity index is 1.56. The zero-order chi connectivity index (χ0) is 37.2. The Kier molecular flexibility index (Phi) is 13.1. The van der Waals surface area contributed by atoms with Crippen LogP contribution in [0.4, 0.5) is 0 Å². The van der Waals surface area contributed by atoms with E-state index in [9.17, 15) is 9.59 Å². The van der Waals surface area contributed by atoms with E-state index in [0.29, 0.717) is 36.5 Å². The highest BCUT2D eigenvalue weighted by molar-refractivity contribution is 6.74. The van der Waals surface area contributed by atoms with Crippen molar-refractivity contribution in [2.75, 3.05) is 0 Å². The van der Waals surface area contributed by atoms with Crippen molar-refractivity contribution in [1.82, 2.24) is 0 Å². The minimum Gasteiger partial charge on any atom is -0.479 e. The average molecular weight is 748 g/mol. The Morgan fingerprint density at radius 1 is 0.960 bits per heavy atom. The molecule has 50 heavy (non-hydrogen) atoms. The molecule has 2 aliphatic carbocycles. The van der Waals surface area contributed by atoms with E-state index >= 15 is 0 Å². The molecule has 1 unspecified atom stereocenters. The van der Waals surface area contributed by atoms with Crippen LogP contribution in [0.1, 0.15) is 93.9 Å². The minimum atomic E-state index is -2.12. The van der Waals surface area contributed by atoms with Crippen LogP contribution in [0.25, 0.3) is 0 Å². The summed E-state index contributed by atoms with van der Waals surface area (Å²) in [7, 11) is -4.16. The standard InChI is InChI=1S/C40H63ClO7Si2/c1-13-34(44-29-18-16-28(41)17-19-29)38(43)46-35-24-31(47-49(9,10)39(3,4)5)22-27-15-14-26(2)33(37(27)35)21-20-30-23-32(25-36(42)45-30)48-50(11,12)40(6,7)8/h14-19,22,26,30-35,37H,13,20-21,23-25H2,1-12H3/t26-,30+,31+,32+,33-,34?,35-,37-/m0/s1. The predicted octanol–water partition coefficient (Wildman–Crippen LogP) is 10.4. The number of esters is 2. The van der Waals surface area contributed by atoms with Gasteiger partial charge in [-0.2, -0.15) is 0 Å². The summed E-state index contributed by atoms with van der Waals surface area (Å²) in [6, 6.07) is 7.04. The summed E-state index contributed by atoms with van der Waals surface area (Å²) in [5.74, 6) is 0.463. The molecule has 0 saturated carbocycles. The van der Waals surface area contributed by atoms with Crippen LogP contribution in [-0.2, 0) is 27.9 Å². The molecule has 1 aromatic rings. The average Bonchev–Trinajstić information content (AvgIpc) is 2.98. The first-order valence-electron chi connectivity index (χ1n) is 18.7. The topological polar surface area (TPSA) is 80.3 Å². The van der Waals surface area contributed by atoms with Gasteiger partial charge >= 0.3 is 11.9 Å². The highest BCUT2D eigenvalue weighted by Gasteiger charge is 2.47. The number of carbonyl (C=O) groups is 2. The lowest BCUT2D eigenvalue weighted by Crippen LogP contribution is -2.49. The number of cyclic esters (lactones) is 1. The Morgan fingerprint density at radius 3 is 2.18 bits per heavy atom. The van der Waals surface area contributed by atoms with Crippen molar-refractivity contribution < 1.29 is 32.7 Å². The highest BCUT2D eigenvalue weighted by Crippen LogP contribution is 2.47. The molecule has 3 aliphatic rings. The third kappa shape index (κ3) is 10.1. The molecule has 280 valence electrons. The van der Waals surface area contributed by atoms with E-state index in [1.807, 2.05) is 6.92 Å². The molecule has 0 amide bonds. The van der Waals surface area contributed by atoms with E-state index in [1.54, 1.807) is 24.3 Å². The first kappa shape index (κ1) is 40.8. The Hall–Kier alpha value is -1.92. The maximum atomic E-state index is 13.9. The number of hydrogen-bond acceptors (Lipinski definition) is 7. The van der Waals surface area contributed by atoms with Crippen molar-refractivity contribution >= 4 is 40.2 Å². The second-order valence-corrected chi connectivity index (χ2v) is 27.7. The summed E-state index contributed by atoms with van der Waals surface area (Å²) in [5.41, 5.74) is 1.16. The third-order valence-corrected chi connectivity index (χ3v) is 21.2. The van der Waals surface area contributed by atoms with Crippen LogP contribution in [0.5, 0.6) is 5.75 Å². The van der Waals surface area contributed by atoms with Crippen molar-refractivity contribution in [3.05, 3.63) is 53.1 Å². The van der Waals surface area contributed by atoms with Crippen molar-refractivity contribution in [1.29, 1.82) is 0 Å². The number of hydrogen-bond donors (Lipinski definition) is 0. The second kappa shape index (κ2) is 16.0. The number of rotatable bonds is 12. The minimum absolute atomic E-state index is 0.00942. The van der Waals surface area contributed by atoms with E-state index in [-0.39, 0.29) is 64.2 Å². The smallest absolute Gasteiger partial charge is 0.347 e. The fourth-order valence-electron chi connectivity index (χ4n) is 6.89. The van der Waals surface area contributed by atoms with Crippen molar-refractivity contribution in [2.45, 2.75) is 161 Å². The molecule has 0 aromatic heterocycles. The molecular weight excluding hydrogens is 684 g/mol. The van der Waals surface area contributed by atoms with Gasteiger partial charge in [0.05, 0.1) is 18.6 Å². The van der Waals surface area contributed by atoms with Gasteiger partial charge in [0, 0.05) is 23.8 Å². The van der Waals surface area contributed by atoms with Crippen LogP contribution in [0.2, 0.25) is 41.3 Å². The molecule has 1 heterocycles. The molecule has 8 atom stereocenters. The van der Waals surface area contributed by atoms with Gasteiger partial charge in [-0.05, 0) is 97.2 Å². The lowest BCUT2D eigenvalue weighted by Gasteiger charge is -2.46. The van der Waals surface area contributed by atoms with Crippen LogP contribution in [0.3, 0.4) is 0 Å². The first-order chi connectivity index (χ1) is 23.1. The number of allylic oxidation sites excluding steroid dienone is 2. The van der Waals surface area contributed by atoms with Crippen LogP contribution >= 0.6 is 11.6 Å². The third-order valence-electron chi connectivity index (χ3n) is 11.9. The van der Waals surface area contributed by atoms with E-state index < -0.39 is 22.7 Å². The highest BCUT2D eigenvalue weighted by atomic mass is 35.5. The van der Waals surface area contributed by atoms with Gasteiger partial charge < -0.3 is 23.1 Å². The predicted molar refractivity (Wildman–Crippen MR) is 207 cm³/mol. The molecule has 0 N–H and O–H groups in total. The lowest BCUT2D eigenvalue weighted by molar-refractivity contribution is -0.164. The van der Waals surface area contributed by atoms with Crippen LogP contribution < -0.4 is 4.74 Å². The van der Waals surface area contributed by atoms with E-state index in [0.717, 1.165) is 18.4 Å². The number of ether oxygens (including phenoxy) is 3. The zero-order valence-corrected chi connectivity index (χ0v) is 35.4. The SMILES string of the molecule is CCC(Oc1ccc(Cl)cc1)C(=O)O[C@H]1C[C@H](O[Si](C)(C)C(C)(C)C)C=C2C=C[C@H](C)[C@H](CC[C@@H]3C[C@@H](O[Si](C)(C)C(C)(C)C)CC(=O)O3)[C@H]21. The fourth-order valence-corrected chi connectivity index (χ4v) is 9.66. The Labute approximate surface area is 309 Å². The number of fused-ring (bicyclic) bond motifs is 1. The lowest BCUT2D eigenvalue weighted by atomic mass is 9.66. The van der Waals surface area contributed by atoms with Crippen LogP contribution in [0.15, 0.2) is 48.1 Å². The van der Waals surface area contributed by atoms with Crippen LogP contribution in [-0.4, -0.2) is 59.1 Å². The Morgan fingerprint density at radius 2 is 1.58 bits per heavy atom. The van der Waals surface area contributed by atoms with Gasteiger partial charge in [-0.3, -0.25) is 4.79 Å². The summed E-state index contributed by atoms with van der Waals surface area (Å²) >= 11 is 6.09. The van der Waals surface area contributed by atoms with Crippen molar-refractivity contribution in [3.63, 3.8) is 0 Å². The largest absolute Gasteiger partial charge is 0.479 e.